The van der Waals surface area contributed by atoms with Crippen molar-refractivity contribution in [2.24, 2.45) is 0 Å². The molecule has 0 aliphatic heterocycles. The smallest absolute Gasteiger partial charge is 0.262 e. The highest BCUT2D eigenvalue weighted by atomic mass is 32.2. The third kappa shape index (κ3) is 7.54. The highest BCUT2D eigenvalue weighted by molar-refractivity contribution is 7.92. The molecule has 0 saturated carbocycles. The normalized spacial score (nSPS) is 11.8. The van der Waals surface area contributed by atoms with Gasteiger partial charge in [0, 0.05) is 19.3 Å². The fraction of sp³-hybridized carbons (Fsp3) is 0.240. The van der Waals surface area contributed by atoms with Gasteiger partial charge in [-0.1, -0.05) is 24.3 Å². The third-order valence-electron chi connectivity index (χ3n) is 5.35. The second-order valence-corrected chi connectivity index (χ2v) is 12.2. The van der Waals surface area contributed by atoms with Crippen molar-refractivity contribution in [2.45, 2.75) is 25.3 Å². The topological polar surface area (TPSA) is 122 Å². The molecule has 2 N–H and O–H groups in total. The molecule has 0 aliphatic carbocycles. The van der Waals surface area contributed by atoms with Crippen LogP contribution in [0.4, 0.5) is 11.4 Å². The fourth-order valence-electron chi connectivity index (χ4n) is 3.18. The maximum absolute atomic E-state index is 12.7. The van der Waals surface area contributed by atoms with Crippen LogP contribution in [0.25, 0.3) is 0 Å². The predicted molar refractivity (Wildman–Crippen MR) is 140 cm³/mol. The van der Waals surface area contributed by atoms with Crippen LogP contribution in [0.3, 0.4) is 0 Å². The Morgan fingerprint density at radius 3 is 2.17 bits per heavy atom. The monoisotopic (exact) mass is 531 g/mol. The van der Waals surface area contributed by atoms with E-state index in [2.05, 4.69) is 10.0 Å². The van der Waals surface area contributed by atoms with E-state index in [1.807, 2.05) is 26.0 Å². The van der Waals surface area contributed by atoms with Gasteiger partial charge < -0.3 is 10.1 Å². The lowest BCUT2D eigenvalue weighted by molar-refractivity contribution is -0.118. The molecule has 3 aromatic carbocycles. The van der Waals surface area contributed by atoms with Gasteiger partial charge in [-0.15, -0.1) is 0 Å². The van der Waals surface area contributed by atoms with Crippen LogP contribution in [0.5, 0.6) is 5.75 Å². The molecule has 0 atom stereocenters. The molecular weight excluding hydrogens is 502 g/mol. The first kappa shape index (κ1) is 27.2. The molecule has 0 unspecified atom stereocenters. The number of carbonyl (C=O) groups excluding carboxylic acids is 1. The van der Waals surface area contributed by atoms with Gasteiger partial charge in [0.15, 0.2) is 6.61 Å². The number of benzene rings is 3. The number of aryl methyl sites for hydroxylation is 2. The van der Waals surface area contributed by atoms with Crippen molar-refractivity contribution < 1.29 is 26.4 Å². The number of nitrogens with zero attached hydrogens (tertiary/aromatic N) is 1. The van der Waals surface area contributed by atoms with Crippen LogP contribution >= 0.6 is 0 Å². The van der Waals surface area contributed by atoms with Gasteiger partial charge in [-0.05, 0) is 73.0 Å². The fourth-order valence-corrected chi connectivity index (χ4v) is 4.68. The van der Waals surface area contributed by atoms with E-state index < -0.39 is 26.0 Å². The summed E-state index contributed by atoms with van der Waals surface area (Å²) in [4.78, 5) is 12.3. The molecule has 3 aromatic rings. The van der Waals surface area contributed by atoms with Crippen molar-refractivity contribution in [3.63, 3.8) is 0 Å². The Morgan fingerprint density at radius 2 is 1.56 bits per heavy atom. The van der Waals surface area contributed by atoms with Crippen LogP contribution in [0.15, 0.2) is 71.6 Å². The Hall–Kier alpha value is -3.41. The van der Waals surface area contributed by atoms with Crippen molar-refractivity contribution in [1.29, 1.82) is 0 Å². The minimum absolute atomic E-state index is 0.0688. The van der Waals surface area contributed by atoms with E-state index in [4.69, 9.17) is 4.74 Å². The molecule has 9 nitrogen and oxygen atoms in total. The van der Waals surface area contributed by atoms with E-state index >= 15 is 0 Å². The van der Waals surface area contributed by atoms with Gasteiger partial charge in [0.2, 0.25) is 10.0 Å². The zero-order valence-electron chi connectivity index (χ0n) is 20.5. The summed E-state index contributed by atoms with van der Waals surface area (Å²) in [5.74, 6) is 0.0369. The Labute approximate surface area is 212 Å². The number of hydrogen-bond donors (Lipinski definition) is 2. The van der Waals surface area contributed by atoms with Gasteiger partial charge in [0.25, 0.3) is 15.9 Å². The molecule has 0 saturated heterocycles. The van der Waals surface area contributed by atoms with Crippen molar-refractivity contribution >= 4 is 37.3 Å². The van der Waals surface area contributed by atoms with Gasteiger partial charge >= 0.3 is 0 Å². The summed E-state index contributed by atoms with van der Waals surface area (Å²) in [6.45, 7) is 3.68. The van der Waals surface area contributed by atoms with Crippen LogP contribution < -0.4 is 14.8 Å². The van der Waals surface area contributed by atoms with Crippen molar-refractivity contribution in [2.75, 3.05) is 29.9 Å². The third-order valence-corrected chi connectivity index (χ3v) is 7.99. The predicted octanol–water partition coefficient (Wildman–Crippen LogP) is 3.51. The maximum atomic E-state index is 12.7. The van der Waals surface area contributed by atoms with Crippen LogP contribution in [0.1, 0.15) is 16.7 Å². The summed E-state index contributed by atoms with van der Waals surface area (Å²) in [5, 5.41) is 2.66. The van der Waals surface area contributed by atoms with Crippen molar-refractivity contribution in [3.8, 4) is 5.75 Å². The quantitative estimate of drug-likeness (QED) is 0.413. The van der Waals surface area contributed by atoms with E-state index in [9.17, 15) is 21.6 Å². The standard InChI is InChI=1S/C25H29N3O6S2/c1-18-5-6-19(2)24(15-18)27-36(32,33)23-13-9-21(10-14-23)26-25(29)17-34-22-11-7-20(8-12-22)16-28(3)35(4,30)31/h5-15,27H,16-17H2,1-4H3,(H,26,29). The molecule has 0 fully saturated rings. The number of sulfonamides is 2. The molecule has 36 heavy (non-hydrogen) atoms. The van der Waals surface area contributed by atoms with E-state index in [1.165, 1.54) is 35.6 Å². The number of hydrogen-bond acceptors (Lipinski definition) is 6. The molecule has 0 spiro atoms. The Bertz CT molecular complexity index is 1440. The lowest BCUT2D eigenvalue weighted by atomic mass is 10.1. The van der Waals surface area contributed by atoms with E-state index in [0.29, 0.717) is 17.1 Å². The molecule has 0 radical (unpaired) electrons. The summed E-state index contributed by atoms with van der Waals surface area (Å²) in [7, 11) is -5.57. The van der Waals surface area contributed by atoms with Crippen LogP contribution in [-0.4, -0.2) is 47.0 Å². The first-order valence-corrected chi connectivity index (χ1v) is 14.3. The van der Waals surface area contributed by atoms with Crippen LogP contribution in [-0.2, 0) is 31.4 Å². The zero-order chi connectivity index (χ0) is 26.5. The second-order valence-electron chi connectivity index (χ2n) is 8.45. The highest BCUT2D eigenvalue weighted by Gasteiger charge is 2.16. The first-order chi connectivity index (χ1) is 16.8. The average Bonchev–Trinajstić information content (AvgIpc) is 2.80. The van der Waals surface area contributed by atoms with E-state index in [1.54, 1.807) is 30.3 Å². The average molecular weight is 532 g/mol. The molecule has 1 amide bonds. The van der Waals surface area contributed by atoms with Gasteiger partial charge in [-0.3, -0.25) is 9.52 Å². The number of ether oxygens (including phenoxy) is 1. The van der Waals surface area contributed by atoms with Crippen molar-refractivity contribution in [1.82, 2.24) is 4.31 Å². The van der Waals surface area contributed by atoms with Crippen LogP contribution in [0, 0.1) is 13.8 Å². The van der Waals surface area contributed by atoms with Crippen molar-refractivity contribution in [3.05, 3.63) is 83.4 Å². The van der Waals surface area contributed by atoms with E-state index in [0.717, 1.165) is 22.9 Å². The minimum atomic E-state index is -3.79. The molecule has 11 heteroatoms. The highest BCUT2D eigenvalue weighted by Crippen LogP contribution is 2.22. The number of carbonyl (C=O) groups is 1. The van der Waals surface area contributed by atoms with Gasteiger partial charge in [0.05, 0.1) is 16.8 Å². The molecule has 0 bridgehead atoms. The molecule has 0 aromatic heterocycles. The van der Waals surface area contributed by atoms with Gasteiger partial charge in [-0.25, -0.2) is 21.1 Å². The lowest BCUT2D eigenvalue weighted by Crippen LogP contribution is -2.24. The van der Waals surface area contributed by atoms with Gasteiger partial charge in [0.1, 0.15) is 5.75 Å². The summed E-state index contributed by atoms with van der Waals surface area (Å²) >= 11 is 0. The summed E-state index contributed by atoms with van der Waals surface area (Å²) in [5.41, 5.74) is 3.47. The molecular formula is C25H29N3O6S2. The minimum Gasteiger partial charge on any atom is -0.484 e. The van der Waals surface area contributed by atoms with E-state index in [-0.39, 0.29) is 18.0 Å². The second kappa shape index (κ2) is 11.1. The first-order valence-electron chi connectivity index (χ1n) is 11.0. The molecule has 0 heterocycles. The largest absolute Gasteiger partial charge is 0.484 e. The summed E-state index contributed by atoms with van der Waals surface area (Å²) < 4.78 is 57.8. The Kier molecular flexibility index (Phi) is 8.39. The number of nitrogens with one attached hydrogen (secondary N) is 2. The Morgan fingerprint density at radius 1 is 0.917 bits per heavy atom. The molecule has 0 aliphatic rings. The number of amides is 1. The maximum Gasteiger partial charge on any atom is 0.262 e. The number of anilines is 2. The summed E-state index contributed by atoms with van der Waals surface area (Å²) in [6.07, 6.45) is 1.14. The van der Waals surface area contributed by atoms with Crippen LogP contribution in [0.2, 0.25) is 0 Å². The molecule has 3 rings (SSSR count). The zero-order valence-corrected chi connectivity index (χ0v) is 22.1. The Balaban J connectivity index is 1.54. The lowest BCUT2D eigenvalue weighted by Gasteiger charge is -2.14. The number of rotatable bonds is 10. The SMILES string of the molecule is Cc1ccc(C)c(NS(=O)(=O)c2ccc(NC(=O)COc3ccc(CN(C)S(C)(=O)=O)cc3)cc2)c1. The molecule has 192 valence electrons. The van der Waals surface area contributed by atoms with Gasteiger partial charge in [-0.2, -0.15) is 0 Å². The summed E-state index contributed by atoms with van der Waals surface area (Å²) in [6, 6.07) is 18.1.